The summed E-state index contributed by atoms with van der Waals surface area (Å²) in [6.07, 6.45) is 0. The molecule has 0 spiro atoms. The Hall–Kier alpha value is -1.58. The topological polar surface area (TPSA) is 77.3 Å². The van der Waals surface area contributed by atoms with Crippen LogP contribution in [-0.4, -0.2) is 10.8 Å². The van der Waals surface area contributed by atoms with Crippen LogP contribution in [0.1, 0.15) is 17.0 Å². The summed E-state index contributed by atoms with van der Waals surface area (Å²) in [4.78, 5) is 4.21. The fourth-order valence-electron chi connectivity index (χ4n) is 0.839. The van der Waals surface area contributed by atoms with Crippen molar-refractivity contribution in [2.45, 2.75) is 13.8 Å². The highest BCUT2D eigenvalue weighted by Gasteiger charge is 2.00. The molecule has 1 aromatic heterocycles. The van der Waals surface area contributed by atoms with Crippen LogP contribution in [0.25, 0.3) is 0 Å². The zero-order chi connectivity index (χ0) is 9.14. The molecule has 0 aliphatic carbocycles. The summed E-state index contributed by atoms with van der Waals surface area (Å²) < 4.78 is 0. The van der Waals surface area contributed by atoms with Gasteiger partial charge < -0.3 is 11.6 Å². The number of aryl methyl sites for hydroxylation is 2. The number of nitrogens with zero attached hydrogens (tertiary/aromatic N) is 2. The van der Waals surface area contributed by atoms with E-state index >= 15 is 0 Å². The molecule has 0 radical (unpaired) electrons. The molecule has 1 rings (SSSR count). The number of pyridine rings is 1. The van der Waals surface area contributed by atoms with Gasteiger partial charge in [0.2, 0.25) is 0 Å². The minimum absolute atomic E-state index is 0.262. The third-order valence-electron chi connectivity index (χ3n) is 1.75. The molecule has 0 aliphatic rings. The van der Waals surface area contributed by atoms with Crippen LogP contribution in [0, 0.1) is 13.8 Å². The van der Waals surface area contributed by atoms with Crippen molar-refractivity contribution in [1.29, 1.82) is 0 Å². The zero-order valence-corrected chi connectivity index (χ0v) is 7.20. The average Bonchev–Trinajstić information content (AvgIpc) is 2.08. The third-order valence-corrected chi connectivity index (χ3v) is 1.75. The molecule has 0 aliphatic heterocycles. The molecular weight excluding hydrogens is 152 g/mol. The lowest BCUT2D eigenvalue weighted by molar-refractivity contribution is 1.12. The molecule has 4 heteroatoms. The molecule has 1 heterocycles. The Kier molecular flexibility index (Phi) is 2.28. The van der Waals surface area contributed by atoms with E-state index in [1.54, 1.807) is 6.07 Å². The van der Waals surface area contributed by atoms with Crippen molar-refractivity contribution < 1.29 is 0 Å². The van der Waals surface area contributed by atoms with Crippen LogP contribution in [0.5, 0.6) is 0 Å². The van der Waals surface area contributed by atoms with Crippen molar-refractivity contribution in [1.82, 2.24) is 4.98 Å². The van der Waals surface area contributed by atoms with Gasteiger partial charge in [-0.1, -0.05) is 6.07 Å². The molecule has 0 saturated carbocycles. The van der Waals surface area contributed by atoms with Gasteiger partial charge in [-0.2, -0.15) is 5.10 Å². The fourth-order valence-corrected chi connectivity index (χ4v) is 0.839. The van der Waals surface area contributed by atoms with Crippen molar-refractivity contribution in [3.05, 3.63) is 29.1 Å². The molecule has 0 unspecified atom stereocenters. The van der Waals surface area contributed by atoms with E-state index in [0.717, 1.165) is 11.3 Å². The quantitative estimate of drug-likeness (QED) is 0.271. The Bertz CT molecular complexity index is 317. The first-order valence-corrected chi connectivity index (χ1v) is 3.63. The van der Waals surface area contributed by atoms with Gasteiger partial charge in [0.05, 0.1) is 0 Å². The summed E-state index contributed by atoms with van der Waals surface area (Å²) in [7, 11) is 0. The van der Waals surface area contributed by atoms with Crippen molar-refractivity contribution in [2.24, 2.45) is 16.7 Å². The highest BCUT2D eigenvalue weighted by molar-refractivity contribution is 5.95. The average molecular weight is 164 g/mol. The summed E-state index contributed by atoms with van der Waals surface area (Å²) in [5.74, 6) is 5.28. The molecule has 64 valence electrons. The SMILES string of the molecule is Cc1ccc(C(N)=NN)nc1C. The van der Waals surface area contributed by atoms with Crippen molar-refractivity contribution in [2.75, 3.05) is 0 Å². The third kappa shape index (κ3) is 1.53. The number of aromatic nitrogens is 1. The van der Waals surface area contributed by atoms with Crippen LogP contribution in [-0.2, 0) is 0 Å². The van der Waals surface area contributed by atoms with Gasteiger partial charge in [0.25, 0.3) is 0 Å². The second-order valence-electron chi connectivity index (χ2n) is 2.61. The summed E-state index contributed by atoms with van der Waals surface area (Å²) >= 11 is 0. The van der Waals surface area contributed by atoms with Gasteiger partial charge in [-0.05, 0) is 25.5 Å². The Morgan fingerprint density at radius 1 is 1.42 bits per heavy atom. The normalized spacial score (nSPS) is 11.7. The van der Waals surface area contributed by atoms with E-state index in [-0.39, 0.29) is 5.84 Å². The molecule has 4 nitrogen and oxygen atoms in total. The number of hydrogen-bond donors (Lipinski definition) is 2. The van der Waals surface area contributed by atoms with E-state index in [1.807, 2.05) is 19.9 Å². The largest absolute Gasteiger partial charge is 0.380 e. The maximum Gasteiger partial charge on any atom is 0.168 e. The number of nitrogens with two attached hydrogens (primary N) is 2. The molecule has 0 saturated heterocycles. The lowest BCUT2D eigenvalue weighted by Crippen LogP contribution is -2.17. The Morgan fingerprint density at radius 3 is 2.58 bits per heavy atom. The maximum absolute atomic E-state index is 5.48. The summed E-state index contributed by atoms with van der Waals surface area (Å²) in [6, 6.07) is 3.74. The number of hydrazone groups is 1. The Balaban J connectivity index is 3.13. The van der Waals surface area contributed by atoms with E-state index in [0.29, 0.717) is 5.69 Å². The summed E-state index contributed by atoms with van der Waals surface area (Å²) in [5, 5.41) is 3.36. The molecule has 4 N–H and O–H groups in total. The zero-order valence-electron chi connectivity index (χ0n) is 7.20. The molecule has 12 heavy (non-hydrogen) atoms. The van der Waals surface area contributed by atoms with Crippen LogP contribution in [0.2, 0.25) is 0 Å². The van der Waals surface area contributed by atoms with Crippen LogP contribution in [0.4, 0.5) is 0 Å². The van der Waals surface area contributed by atoms with E-state index in [9.17, 15) is 0 Å². The molecular formula is C8H12N4. The minimum atomic E-state index is 0.262. The smallest absolute Gasteiger partial charge is 0.168 e. The first-order chi connectivity index (χ1) is 5.65. The van der Waals surface area contributed by atoms with Gasteiger partial charge >= 0.3 is 0 Å². The van der Waals surface area contributed by atoms with Gasteiger partial charge in [0.15, 0.2) is 5.84 Å². The van der Waals surface area contributed by atoms with Gasteiger partial charge in [-0.3, -0.25) is 0 Å². The summed E-state index contributed by atoms with van der Waals surface area (Å²) in [6.45, 7) is 3.91. The van der Waals surface area contributed by atoms with Crippen LogP contribution in [0.15, 0.2) is 17.2 Å². The van der Waals surface area contributed by atoms with Gasteiger partial charge in [-0.15, -0.1) is 0 Å². The molecule has 0 aromatic carbocycles. The van der Waals surface area contributed by atoms with Crippen molar-refractivity contribution in [3.63, 3.8) is 0 Å². The molecule has 0 atom stereocenters. The van der Waals surface area contributed by atoms with E-state index in [2.05, 4.69) is 10.1 Å². The van der Waals surface area contributed by atoms with Crippen LogP contribution >= 0.6 is 0 Å². The molecule has 0 bridgehead atoms. The van der Waals surface area contributed by atoms with Gasteiger partial charge in [0.1, 0.15) is 5.69 Å². The number of hydrogen-bond acceptors (Lipinski definition) is 3. The lowest BCUT2D eigenvalue weighted by Gasteiger charge is -2.01. The minimum Gasteiger partial charge on any atom is -0.380 e. The lowest BCUT2D eigenvalue weighted by atomic mass is 10.2. The molecule has 0 amide bonds. The number of rotatable bonds is 1. The van der Waals surface area contributed by atoms with Crippen molar-refractivity contribution >= 4 is 5.84 Å². The first-order valence-electron chi connectivity index (χ1n) is 3.63. The van der Waals surface area contributed by atoms with E-state index in [1.165, 1.54) is 0 Å². The van der Waals surface area contributed by atoms with Crippen molar-refractivity contribution in [3.8, 4) is 0 Å². The van der Waals surface area contributed by atoms with E-state index < -0.39 is 0 Å². The van der Waals surface area contributed by atoms with Gasteiger partial charge in [-0.25, -0.2) is 4.98 Å². The highest BCUT2D eigenvalue weighted by Crippen LogP contribution is 2.04. The molecule has 1 aromatic rings. The predicted molar refractivity (Wildman–Crippen MR) is 48.6 cm³/mol. The predicted octanol–water partition coefficient (Wildman–Crippen LogP) is 0.277. The highest BCUT2D eigenvalue weighted by atomic mass is 15.2. The monoisotopic (exact) mass is 164 g/mol. The first kappa shape index (κ1) is 8.52. The number of amidine groups is 1. The Morgan fingerprint density at radius 2 is 2.08 bits per heavy atom. The standard InChI is InChI=1S/C8H12N4/c1-5-3-4-7(8(9)12-10)11-6(5)2/h3-4H,10H2,1-2H3,(H2,9,12). The second kappa shape index (κ2) is 3.21. The van der Waals surface area contributed by atoms with E-state index in [4.69, 9.17) is 11.6 Å². The van der Waals surface area contributed by atoms with Gasteiger partial charge in [0, 0.05) is 5.69 Å². The summed E-state index contributed by atoms with van der Waals surface area (Å²) in [5.41, 5.74) is 8.17. The van der Waals surface area contributed by atoms with Crippen LogP contribution in [0.3, 0.4) is 0 Å². The fraction of sp³-hybridized carbons (Fsp3) is 0.250. The maximum atomic E-state index is 5.48. The second-order valence-corrected chi connectivity index (χ2v) is 2.61. The Labute approximate surface area is 71.3 Å². The molecule has 0 fully saturated rings. The van der Waals surface area contributed by atoms with Crippen LogP contribution < -0.4 is 11.6 Å².